The van der Waals surface area contributed by atoms with Crippen molar-refractivity contribution in [2.45, 2.75) is 6.18 Å². The molecule has 0 aliphatic rings. The van der Waals surface area contributed by atoms with E-state index in [9.17, 15) is 18.0 Å². The maximum Gasteiger partial charge on any atom is 0.416 e. The van der Waals surface area contributed by atoms with E-state index in [1.54, 1.807) is 24.3 Å². The van der Waals surface area contributed by atoms with Crippen molar-refractivity contribution in [1.82, 2.24) is 0 Å². The van der Waals surface area contributed by atoms with Crippen LogP contribution in [0.4, 0.5) is 18.9 Å². The van der Waals surface area contributed by atoms with Gasteiger partial charge in [-0.25, -0.2) is 0 Å². The van der Waals surface area contributed by atoms with Crippen LogP contribution in [0.15, 0.2) is 65.1 Å². The van der Waals surface area contributed by atoms with E-state index in [0.717, 1.165) is 22.9 Å². The van der Waals surface area contributed by atoms with Crippen LogP contribution in [-0.4, -0.2) is 5.91 Å². The lowest BCUT2D eigenvalue weighted by Crippen LogP contribution is -2.14. The Labute approximate surface area is 144 Å². The summed E-state index contributed by atoms with van der Waals surface area (Å²) in [5, 5.41) is 4.16. The Morgan fingerprint density at radius 1 is 0.958 bits per heavy atom. The zero-order chi connectivity index (χ0) is 17.3. The third-order valence-corrected chi connectivity index (χ3v) is 4.27. The van der Waals surface area contributed by atoms with Crippen molar-refractivity contribution in [1.29, 1.82) is 0 Å². The first kappa shape index (κ1) is 16.5. The van der Waals surface area contributed by atoms with Gasteiger partial charge < -0.3 is 5.32 Å². The quantitative estimate of drug-likeness (QED) is 0.579. The lowest BCUT2D eigenvalue weighted by molar-refractivity contribution is -0.137. The van der Waals surface area contributed by atoms with Crippen LogP contribution >= 0.6 is 15.9 Å². The van der Waals surface area contributed by atoms with Gasteiger partial charge in [0.1, 0.15) is 0 Å². The zero-order valence-corrected chi connectivity index (χ0v) is 13.8. The fourth-order valence-corrected chi connectivity index (χ4v) is 2.76. The predicted octanol–water partition coefficient (Wildman–Crippen LogP) is 5.87. The largest absolute Gasteiger partial charge is 0.416 e. The van der Waals surface area contributed by atoms with E-state index < -0.39 is 17.6 Å². The maximum atomic E-state index is 12.8. The van der Waals surface area contributed by atoms with E-state index in [0.29, 0.717) is 10.0 Å². The zero-order valence-electron chi connectivity index (χ0n) is 12.2. The molecule has 0 saturated heterocycles. The number of carbonyl (C=O) groups is 1. The van der Waals surface area contributed by atoms with Crippen LogP contribution < -0.4 is 5.32 Å². The number of halogens is 4. The van der Waals surface area contributed by atoms with E-state index in [4.69, 9.17) is 0 Å². The maximum absolute atomic E-state index is 12.8. The second kappa shape index (κ2) is 6.28. The molecule has 0 bridgehead atoms. The minimum atomic E-state index is -4.47. The molecule has 24 heavy (non-hydrogen) atoms. The fraction of sp³-hybridized carbons (Fsp3) is 0.0556. The lowest BCUT2D eigenvalue weighted by Gasteiger charge is -2.12. The highest BCUT2D eigenvalue weighted by Crippen LogP contribution is 2.34. The highest BCUT2D eigenvalue weighted by Gasteiger charge is 2.31. The summed E-state index contributed by atoms with van der Waals surface area (Å²) in [4.78, 5) is 12.5. The molecule has 0 aliphatic carbocycles. The average Bonchev–Trinajstić information content (AvgIpc) is 2.55. The summed E-state index contributed by atoms with van der Waals surface area (Å²) in [6, 6.07) is 15.7. The number of hydrogen-bond donors (Lipinski definition) is 1. The molecule has 0 aromatic heterocycles. The van der Waals surface area contributed by atoms with Gasteiger partial charge >= 0.3 is 6.18 Å². The van der Waals surface area contributed by atoms with Crippen molar-refractivity contribution in [3.8, 4) is 0 Å². The van der Waals surface area contributed by atoms with Crippen LogP contribution in [-0.2, 0) is 6.18 Å². The van der Waals surface area contributed by atoms with Gasteiger partial charge in [0, 0.05) is 10.0 Å². The molecule has 2 nitrogen and oxygen atoms in total. The van der Waals surface area contributed by atoms with Crippen LogP contribution in [0, 0.1) is 0 Å². The molecule has 0 spiro atoms. The third kappa shape index (κ3) is 3.28. The smallest absolute Gasteiger partial charge is 0.321 e. The van der Waals surface area contributed by atoms with Crippen molar-refractivity contribution in [2.24, 2.45) is 0 Å². The number of rotatable bonds is 2. The fourth-order valence-electron chi connectivity index (χ4n) is 2.41. The van der Waals surface area contributed by atoms with Gasteiger partial charge in [0.2, 0.25) is 0 Å². The third-order valence-electron chi connectivity index (χ3n) is 3.58. The van der Waals surface area contributed by atoms with Crippen molar-refractivity contribution >= 4 is 38.3 Å². The minimum Gasteiger partial charge on any atom is -0.321 e. The van der Waals surface area contributed by atoms with Gasteiger partial charge in [-0.2, -0.15) is 13.2 Å². The molecule has 0 fully saturated rings. The molecule has 3 aromatic carbocycles. The Morgan fingerprint density at radius 3 is 2.42 bits per heavy atom. The van der Waals surface area contributed by atoms with E-state index >= 15 is 0 Å². The van der Waals surface area contributed by atoms with Crippen LogP contribution in [0.1, 0.15) is 15.9 Å². The highest BCUT2D eigenvalue weighted by molar-refractivity contribution is 9.10. The Morgan fingerprint density at radius 2 is 1.67 bits per heavy atom. The van der Waals surface area contributed by atoms with Crippen LogP contribution in [0.3, 0.4) is 0 Å². The van der Waals surface area contributed by atoms with Crippen molar-refractivity contribution < 1.29 is 18.0 Å². The standard InChI is InChI=1S/C18H11BrF3NO/c19-15-9-8-12(18(20,21)22)10-16(15)23-17(24)14-7-3-5-11-4-1-2-6-13(11)14/h1-10H,(H,23,24). The van der Waals surface area contributed by atoms with E-state index in [2.05, 4.69) is 21.2 Å². The van der Waals surface area contributed by atoms with Gasteiger partial charge in [-0.3, -0.25) is 4.79 Å². The summed E-state index contributed by atoms with van der Waals surface area (Å²) in [5.74, 6) is -0.466. The number of carbonyl (C=O) groups excluding carboxylic acids is 1. The van der Waals surface area contributed by atoms with Gasteiger partial charge in [-0.1, -0.05) is 36.4 Å². The summed E-state index contributed by atoms with van der Waals surface area (Å²) in [6.45, 7) is 0. The number of fused-ring (bicyclic) bond motifs is 1. The number of anilines is 1. The highest BCUT2D eigenvalue weighted by atomic mass is 79.9. The summed E-state index contributed by atoms with van der Waals surface area (Å²) in [5.41, 5.74) is -0.348. The summed E-state index contributed by atoms with van der Waals surface area (Å²) < 4.78 is 38.9. The molecular formula is C18H11BrF3NO. The van der Waals surface area contributed by atoms with Gasteiger partial charge in [0.15, 0.2) is 0 Å². The second-order valence-corrected chi connectivity index (χ2v) is 6.03. The molecule has 0 aliphatic heterocycles. The second-order valence-electron chi connectivity index (χ2n) is 5.17. The number of alkyl halides is 3. The normalized spacial score (nSPS) is 11.5. The Kier molecular flexibility index (Phi) is 4.32. The number of hydrogen-bond acceptors (Lipinski definition) is 1. The topological polar surface area (TPSA) is 29.1 Å². The van der Waals surface area contributed by atoms with Crippen molar-refractivity contribution in [3.63, 3.8) is 0 Å². The Bertz CT molecular complexity index is 916. The van der Waals surface area contributed by atoms with E-state index in [-0.39, 0.29) is 5.69 Å². The van der Waals surface area contributed by atoms with E-state index in [1.165, 1.54) is 6.07 Å². The first-order chi connectivity index (χ1) is 11.4. The summed E-state index contributed by atoms with van der Waals surface area (Å²) >= 11 is 3.17. The molecule has 122 valence electrons. The molecule has 0 heterocycles. The van der Waals surface area contributed by atoms with Gasteiger partial charge in [0.25, 0.3) is 5.91 Å². The molecule has 3 aromatic rings. The molecule has 6 heteroatoms. The summed E-state index contributed by atoms with van der Waals surface area (Å²) in [6.07, 6.45) is -4.47. The molecule has 0 unspecified atom stereocenters. The molecule has 1 amide bonds. The predicted molar refractivity (Wildman–Crippen MR) is 91.0 cm³/mol. The molecule has 1 N–H and O–H groups in total. The summed E-state index contributed by atoms with van der Waals surface area (Å²) in [7, 11) is 0. The molecule has 3 rings (SSSR count). The number of benzene rings is 3. The Hall–Kier alpha value is -2.34. The SMILES string of the molecule is O=C(Nc1cc(C(F)(F)F)ccc1Br)c1cccc2ccccc12. The minimum absolute atomic E-state index is 0.0720. The Balaban J connectivity index is 1.98. The van der Waals surface area contributed by atoms with E-state index in [1.807, 2.05) is 18.2 Å². The average molecular weight is 394 g/mol. The van der Waals surface area contributed by atoms with Crippen LogP contribution in [0.25, 0.3) is 10.8 Å². The van der Waals surface area contributed by atoms with Crippen molar-refractivity contribution in [3.05, 3.63) is 76.3 Å². The molecule has 0 radical (unpaired) electrons. The monoisotopic (exact) mass is 393 g/mol. The number of amides is 1. The van der Waals surface area contributed by atoms with Crippen LogP contribution in [0.5, 0.6) is 0 Å². The number of nitrogens with one attached hydrogen (secondary N) is 1. The molecular weight excluding hydrogens is 383 g/mol. The molecule has 0 saturated carbocycles. The van der Waals surface area contributed by atoms with Gasteiger partial charge in [-0.05, 0) is 51.0 Å². The molecule has 0 atom stereocenters. The lowest BCUT2D eigenvalue weighted by atomic mass is 10.0. The van der Waals surface area contributed by atoms with Crippen molar-refractivity contribution in [2.75, 3.05) is 5.32 Å². The first-order valence-electron chi connectivity index (χ1n) is 7.02. The van der Waals surface area contributed by atoms with Gasteiger partial charge in [0.05, 0.1) is 11.3 Å². The first-order valence-corrected chi connectivity index (χ1v) is 7.81. The van der Waals surface area contributed by atoms with Gasteiger partial charge in [-0.15, -0.1) is 0 Å². The van der Waals surface area contributed by atoms with Crippen LogP contribution in [0.2, 0.25) is 0 Å².